The number of fused-ring (bicyclic) bond motifs is 1. The van der Waals surface area contributed by atoms with Crippen LogP contribution in [0.15, 0.2) is 30.6 Å². The number of piperazine rings is 1. The van der Waals surface area contributed by atoms with Gasteiger partial charge in [-0.05, 0) is 18.2 Å². The smallest absolute Gasteiger partial charge is 0.274 e. The van der Waals surface area contributed by atoms with Crippen LogP contribution in [0.2, 0.25) is 5.15 Å². The lowest BCUT2D eigenvalue weighted by Crippen LogP contribution is -2.49. The van der Waals surface area contributed by atoms with Crippen LogP contribution in [0.5, 0.6) is 0 Å². The molecule has 1 amide bonds. The first-order valence-corrected chi connectivity index (χ1v) is 8.87. The Hall–Kier alpha value is -2.32. The van der Waals surface area contributed by atoms with Gasteiger partial charge in [-0.25, -0.2) is 14.4 Å². The summed E-state index contributed by atoms with van der Waals surface area (Å²) in [5.41, 5.74) is 1.03. The third-order valence-corrected chi connectivity index (χ3v) is 5.26. The van der Waals surface area contributed by atoms with Crippen molar-refractivity contribution in [2.75, 3.05) is 31.1 Å². The molecule has 1 aromatic carbocycles. The van der Waals surface area contributed by atoms with Gasteiger partial charge < -0.3 is 9.80 Å². The first-order chi connectivity index (χ1) is 12.1. The van der Waals surface area contributed by atoms with Crippen molar-refractivity contribution in [3.63, 3.8) is 0 Å². The van der Waals surface area contributed by atoms with E-state index in [4.69, 9.17) is 11.6 Å². The third kappa shape index (κ3) is 3.27. The van der Waals surface area contributed by atoms with Crippen LogP contribution in [-0.4, -0.2) is 51.9 Å². The third-order valence-electron chi connectivity index (χ3n) is 4.00. The largest absolute Gasteiger partial charge is 0.345 e. The number of thiazole rings is 1. The molecule has 0 bridgehead atoms. The molecule has 25 heavy (non-hydrogen) atoms. The second-order valence-corrected chi connectivity index (χ2v) is 7.01. The fourth-order valence-electron chi connectivity index (χ4n) is 2.73. The van der Waals surface area contributed by atoms with E-state index in [1.54, 1.807) is 11.0 Å². The average Bonchev–Trinajstić information content (AvgIpc) is 3.04. The molecule has 1 fully saturated rings. The van der Waals surface area contributed by atoms with Gasteiger partial charge in [-0.15, -0.1) is 0 Å². The van der Waals surface area contributed by atoms with Crippen molar-refractivity contribution in [2.45, 2.75) is 0 Å². The van der Waals surface area contributed by atoms with Gasteiger partial charge in [0, 0.05) is 26.2 Å². The Balaban J connectivity index is 1.46. The van der Waals surface area contributed by atoms with Crippen LogP contribution in [0.25, 0.3) is 10.2 Å². The summed E-state index contributed by atoms with van der Waals surface area (Å²) in [5.74, 6) is -0.443. The molecule has 9 heteroatoms. The van der Waals surface area contributed by atoms with E-state index in [-0.39, 0.29) is 22.6 Å². The Labute approximate surface area is 151 Å². The summed E-state index contributed by atoms with van der Waals surface area (Å²) in [6, 6.07) is 4.59. The molecule has 4 rings (SSSR count). The van der Waals surface area contributed by atoms with E-state index in [0.717, 1.165) is 15.3 Å². The number of carbonyl (C=O) groups excluding carboxylic acids is 1. The molecule has 3 aromatic rings. The molecule has 0 aliphatic carbocycles. The van der Waals surface area contributed by atoms with Gasteiger partial charge in [0.1, 0.15) is 16.7 Å². The lowest BCUT2D eigenvalue weighted by Gasteiger charge is -2.34. The van der Waals surface area contributed by atoms with E-state index < -0.39 is 0 Å². The number of carbonyl (C=O) groups is 1. The van der Waals surface area contributed by atoms with Gasteiger partial charge in [-0.3, -0.25) is 9.78 Å². The minimum absolute atomic E-state index is 0.180. The van der Waals surface area contributed by atoms with Gasteiger partial charge in [0.2, 0.25) is 0 Å². The summed E-state index contributed by atoms with van der Waals surface area (Å²) in [7, 11) is 0. The molecule has 0 unspecified atom stereocenters. The van der Waals surface area contributed by atoms with E-state index in [2.05, 4.69) is 19.9 Å². The number of hydrogen-bond donors (Lipinski definition) is 0. The molecule has 128 valence electrons. The molecule has 1 aliphatic rings. The highest BCUT2D eigenvalue weighted by Crippen LogP contribution is 2.30. The summed E-state index contributed by atoms with van der Waals surface area (Å²) in [6.07, 6.45) is 2.81. The van der Waals surface area contributed by atoms with E-state index in [9.17, 15) is 9.18 Å². The van der Waals surface area contributed by atoms with E-state index >= 15 is 0 Å². The molecule has 3 heterocycles. The van der Waals surface area contributed by atoms with Crippen LogP contribution in [0.4, 0.5) is 9.52 Å². The Kier molecular flexibility index (Phi) is 4.22. The van der Waals surface area contributed by atoms with Crippen LogP contribution in [-0.2, 0) is 0 Å². The zero-order valence-corrected chi connectivity index (χ0v) is 14.6. The highest BCUT2D eigenvalue weighted by Gasteiger charge is 2.25. The number of anilines is 1. The zero-order valence-electron chi connectivity index (χ0n) is 13.0. The number of amides is 1. The van der Waals surface area contributed by atoms with Gasteiger partial charge in [0.15, 0.2) is 5.13 Å². The fraction of sp³-hybridized carbons (Fsp3) is 0.250. The first-order valence-electron chi connectivity index (χ1n) is 7.68. The summed E-state index contributed by atoms with van der Waals surface area (Å²) >= 11 is 7.25. The van der Waals surface area contributed by atoms with Crippen LogP contribution >= 0.6 is 22.9 Å². The number of hydrogen-bond acceptors (Lipinski definition) is 6. The van der Waals surface area contributed by atoms with Crippen molar-refractivity contribution in [3.05, 3.63) is 47.3 Å². The minimum atomic E-state index is -0.263. The SMILES string of the molecule is O=C(c1cncc(Cl)n1)N1CCN(c2nc3ccc(F)cc3s2)CC1. The number of halogens is 2. The molecule has 0 saturated carbocycles. The Morgan fingerprint density at radius 3 is 2.72 bits per heavy atom. The van der Waals surface area contributed by atoms with Crippen molar-refractivity contribution >= 4 is 44.2 Å². The zero-order chi connectivity index (χ0) is 17.4. The van der Waals surface area contributed by atoms with Crippen molar-refractivity contribution in [1.82, 2.24) is 19.9 Å². The molecule has 0 spiro atoms. The van der Waals surface area contributed by atoms with Crippen LogP contribution in [0.1, 0.15) is 10.5 Å². The fourth-order valence-corrected chi connectivity index (χ4v) is 3.92. The molecule has 0 N–H and O–H groups in total. The van der Waals surface area contributed by atoms with Crippen molar-refractivity contribution in [1.29, 1.82) is 0 Å². The first kappa shape index (κ1) is 16.2. The molecular formula is C16H13ClFN5OS. The quantitative estimate of drug-likeness (QED) is 0.687. The Morgan fingerprint density at radius 2 is 1.96 bits per heavy atom. The van der Waals surface area contributed by atoms with Gasteiger partial charge >= 0.3 is 0 Å². The standard InChI is InChI=1S/C16H13ClFN5OS/c17-14-9-19-8-12(20-14)15(24)22-3-5-23(6-4-22)16-21-11-2-1-10(18)7-13(11)25-16/h1-2,7-9H,3-6H2. The van der Waals surface area contributed by atoms with E-state index in [1.807, 2.05) is 0 Å². The van der Waals surface area contributed by atoms with Gasteiger partial charge in [-0.2, -0.15) is 0 Å². The summed E-state index contributed by atoms with van der Waals surface area (Å²) in [5, 5.41) is 1.04. The maximum Gasteiger partial charge on any atom is 0.274 e. The van der Waals surface area contributed by atoms with Crippen molar-refractivity contribution in [3.8, 4) is 0 Å². The Bertz CT molecular complexity index is 941. The second-order valence-electron chi connectivity index (χ2n) is 5.61. The number of nitrogens with zero attached hydrogens (tertiary/aromatic N) is 5. The van der Waals surface area contributed by atoms with Gasteiger partial charge in [0.25, 0.3) is 5.91 Å². The molecule has 1 aliphatic heterocycles. The van der Waals surface area contributed by atoms with Gasteiger partial charge in [0.05, 0.1) is 22.6 Å². The van der Waals surface area contributed by atoms with Crippen molar-refractivity contribution in [2.24, 2.45) is 0 Å². The predicted octanol–water partition coefficient (Wildman–Crippen LogP) is 2.84. The molecule has 0 radical (unpaired) electrons. The molecular weight excluding hydrogens is 365 g/mol. The summed E-state index contributed by atoms with van der Waals surface area (Å²) in [4.78, 5) is 28.8. The van der Waals surface area contributed by atoms with E-state index in [1.165, 1.54) is 35.9 Å². The second kappa shape index (κ2) is 6.53. The number of benzene rings is 1. The van der Waals surface area contributed by atoms with Crippen LogP contribution < -0.4 is 4.90 Å². The van der Waals surface area contributed by atoms with Crippen molar-refractivity contribution < 1.29 is 9.18 Å². The number of aromatic nitrogens is 3. The molecule has 6 nitrogen and oxygen atoms in total. The highest BCUT2D eigenvalue weighted by molar-refractivity contribution is 7.22. The average molecular weight is 378 g/mol. The Morgan fingerprint density at radius 1 is 1.16 bits per heavy atom. The topological polar surface area (TPSA) is 62.2 Å². The number of rotatable bonds is 2. The van der Waals surface area contributed by atoms with E-state index in [0.29, 0.717) is 26.2 Å². The normalized spacial score (nSPS) is 15.0. The molecule has 1 saturated heterocycles. The lowest BCUT2D eigenvalue weighted by atomic mass is 10.3. The summed E-state index contributed by atoms with van der Waals surface area (Å²) in [6.45, 7) is 2.42. The maximum absolute atomic E-state index is 13.3. The predicted molar refractivity (Wildman–Crippen MR) is 94.7 cm³/mol. The summed E-state index contributed by atoms with van der Waals surface area (Å²) < 4.78 is 14.1. The lowest BCUT2D eigenvalue weighted by molar-refractivity contribution is 0.0740. The maximum atomic E-state index is 13.3. The molecule has 2 aromatic heterocycles. The van der Waals surface area contributed by atoms with Gasteiger partial charge in [-0.1, -0.05) is 22.9 Å². The minimum Gasteiger partial charge on any atom is -0.345 e. The highest BCUT2D eigenvalue weighted by atomic mass is 35.5. The van der Waals surface area contributed by atoms with Crippen LogP contribution in [0.3, 0.4) is 0 Å². The van der Waals surface area contributed by atoms with Crippen LogP contribution in [0, 0.1) is 5.82 Å². The molecule has 0 atom stereocenters. The monoisotopic (exact) mass is 377 g/mol.